The van der Waals surface area contributed by atoms with E-state index >= 15 is 0 Å². The number of hydrogen-bond acceptors (Lipinski definition) is 6. The van der Waals surface area contributed by atoms with Crippen LogP contribution in [0.4, 0.5) is 11.4 Å². The van der Waals surface area contributed by atoms with Crippen molar-refractivity contribution in [2.24, 2.45) is 0 Å². The van der Waals surface area contributed by atoms with E-state index in [0.29, 0.717) is 13.1 Å². The van der Waals surface area contributed by atoms with Crippen molar-refractivity contribution < 1.29 is 14.8 Å². The highest BCUT2D eigenvalue weighted by Crippen LogP contribution is 2.25. The first-order valence-corrected chi connectivity index (χ1v) is 18.3. The predicted molar refractivity (Wildman–Crippen MR) is 197 cm³/mol. The van der Waals surface area contributed by atoms with E-state index in [9.17, 15) is 0 Å². The van der Waals surface area contributed by atoms with Crippen LogP contribution in [-0.2, 0) is 13.1 Å². The van der Waals surface area contributed by atoms with Crippen LogP contribution < -0.4 is 14.4 Å². The summed E-state index contributed by atoms with van der Waals surface area (Å²) in [5, 5.41) is 18.2. The van der Waals surface area contributed by atoms with Crippen LogP contribution in [0.1, 0.15) is 36.1 Å². The Morgan fingerprint density at radius 3 is 1.60 bits per heavy atom. The minimum Gasteiger partial charge on any atom is -0.395 e. The molecule has 0 unspecified atom stereocenters. The van der Waals surface area contributed by atoms with Crippen LogP contribution in [0, 0.1) is 0 Å². The van der Waals surface area contributed by atoms with Crippen LogP contribution in [0.25, 0.3) is 24.3 Å². The van der Waals surface area contributed by atoms with Crippen molar-refractivity contribution in [2.45, 2.75) is 26.9 Å². The van der Waals surface area contributed by atoms with Crippen LogP contribution in [0.5, 0.6) is 0 Å². The van der Waals surface area contributed by atoms with Crippen molar-refractivity contribution in [3.8, 4) is 0 Å². The van der Waals surface area contributed by atoms with Crippen molar-refractivity contribution in [3.05, 3.63) is 114 Å². The molecule has 4 aromatic rings. The van der Waals surface area contributed by atoms with E-state index in [1.54, 1.807) is 0 Å². The Bertz CT molecular complexity index is 1450. The number of aliphatic hydroxyl groups is 2. The molecule has 0 radical (unpaired) electrons. The standard InChI is InChI=1S/C37H47N4O2S2/c1-3-40(36-13-9-32(10-14-36)5-6-34-17-20-38(21-18-34)23-27-42)25-29-44-45-30-26-41(4-2)37-15-11-33(12-16-37)7-8-35-19-22-39(31-35)24-28-43/h5-22,31,42-43H,3-4,23-30H2,1-2H3/q+1/b8-7+. The van der Waals surface area contributed by atoms with E-state index in [-0.39, 0.29) is 13.2 Å². The lowest BCUT2D eigenvalue weighted by molar-refractivity contribution is -0.698. The van der Waals surface area contributed by atoms with Crippen LogP contribution in [0.15, 0.2) is 91.5 Å². The SMILES string of the molecule is CCN(CCSSCCN(CC)c1ccc(/C=C/c2ccn(CCO)c2)cc1)c1ccc(/C=C/c2cc[n+](CCO)cc2)cc1. The Morgan fingerprint density at radius 2 is 1.13 bits per heavy atom. The molecule has 0 fully saturated rings. The molecular weight excluding hydrogens is 597 g/mol. The van der Waals surface area contributed by atoms with Gasteiger partial charge in [-0.15, -0.1) is 0 Å². The summed E-state index contributed by atoms with van der Waals surface area (Å²) in [5.74, 6) is 2.17. The monoisotopic (exact) mass is 643 g/mol. The molecule has 0 bridgehead atoms. The Labute approximate surface area is 277 Å². The fourth-order valence-corrected chi connectivity index (χ4v) is 6.97. The molecule has 0 aliphatic heterocycles. The largest absolute Gasteiger partial charge is 0.395 e. The molecule has 8 heteroatoms. The minimum absolute atomic E-state index is 0.150. The zero-order chi connectivity index (χ0) is 31.7. The third kappa shape index (κ3) is 11.5. The lowest BCUT2D eigenvalue weighted by Gasteiger charge is -2.24. The van der Waals surface area contributed by atoms with Crippen molar-refractivity contribution >= 4 is 57.3 Å². The van der Waals surface area contributed by atoms with Gasteiger partial charge in [0.2, 0.25) is 0 Å². The minimum atomic E-state index is 0.150. The maximum atomic E-state index is 9.09. The van der Waals surface area contributed by atoms with Crippen molar-refractivity contribution in [2.75, 3.05) is 60.7 Å². The topological polar surface area (TPSA) is 55.8 Å². The number of nitrogens with zero attached hydrogens (tertiary/aromatic N) is 4. The molecule has 0 saturated heterocycles. The number of rotatable bonds is 19. The molecule has 0 saturated carbocycles. The molecule has 45 heavy (non-hydrogen) atoms. The number of aliphatic hydroxyl groups excluding tert-OH is 2. The molecule has 6 nitrogen and oxygen atoms in total. The lowest BCUT2D eigenvalue weighted by atomic mass is 10.1. The lowest BCUT2D eigenvalue weighted by Crippen LogP contribution is -2.34. The summed E-state index contributed by atoms with van der Waals surface area (Å²) in [7, 11) is 3.92. The van der Waals surface area contributed by atoms with E-state index in [1.165, 1.54) is 22.5 Å². The Balaban J connectivity index is 1.16. The summed E-state index contributed by atoms with van der Waals surface area (Å²) >= 11 is 0. The van der Waals surface area contributed by atoms with Crippen LogP contribution in [0.2, 0.25) is 0 Å². The van der Waals surface area contributed by atoms with Crippen molar-refractivity contribution in [3.63, 3.8) is 0 Å². The van der Waals surface area contributed by atoms with Gasteiger partial charge in [0.15, 0.2) is 18.9 Å². The molecule has 238 valence electrons. The van der Waals surface area contributed by atoms with Gasteiger partial charge < -0.3 is 24.6 Å². The second-order valence-corrected chi connectivity index (χ2v) is 13.4. The van der Waals surface area contributed by atoms with Gasteiger partial charge in [0.1, 0.15) is 6.61 Å². The molecule has 2 N–H and O–H groups in total. The first kappa shape index (κ1) is 34.4. The Hall–Kier alpha value is -3.43. The average Bonchev–Trinajstić information content (AvgIpc) is 3.53. The van der Waals surface area contributed by atoms with Crippen LogP contribution in [0.3, 0.4) is 0 Å². The normalized spacial score (nSPS) is 11.6. The quantitative estimate of drug-likeness (QED) is 0.0664. The third-order valence-corrected chi connectivity index (χ3v) is 9.96. The zero-order valence-electron chi connectivity index (χ0n) is 26.5. The van der Waals surface area contributed by atoms with Gasteiger partial charge in [0, 0.05) is 80.1 Å². The molecule has 0 atom stereocenters. The van der Waals surface area contributed by atoms with E-state index < -0.39 is 0 Å². The molecule has 0 aliphatic rings. The third-order valence-electron chi connectivity index (χ3n) is 7.60. The summed E-state index contributed by atoms with van der Waals surface area (Å²) < 4.78 is 3.98. The number of anilines is 2. The summed E-state index contributed by atoms with van der Waals surface area (Å²) in [6.45, 7) is 10.0. The maximum absolute atomic E-state index is 9.09. The van der Waals surface area contributed by atoms with Gasteiger partial charge >= 0.3 is 0 Å². The first-order valence-electron chi connectivity index (χ1n) is 15.8. The molecule has 0 aliphatic carbocycles. The van der Waals surface area contributed by atoms with Crippen molar-refractivity contribution in [1.29, 1.82) is 0 Å². The number of benzene rings is 2. The highest BCUT2D eigenvalue weighted by Gasteiger charge is 2.07. The Kier molecular flexibility index (Phi) is 14.7. The fourth-order valence-electron chi connectivity index (χ4n) is 4.99. The maximum Gasteiger partial charge on any atom is 0.171 e. The molecule has 2 aromatic carbocycles. The van der Waals surface area contributed by atoms with Gasteiger partial charge in [0.25, 0.3) is 0 Å². The average molecular weight is 644 g/mol. The number of aromatic nitrogens is 2. The number of pyridine rings is 1. The predicted octanol–water partition coefficient (Wildman–Crippen LogP) is 6.84. The molecule has 2 aromatic heterocycles. The van der Waals surface area contributed by atoms with Gasteiger partial charge in [-0.25, -0.2) is 4.57 Å². The van der Waals surface area contributed by atoms with E-state index in [0.717, 1.165) is 48.8 Å². The second-order valence-electron chi connectivity index (χ2n) is 10.7. The summed E-state index contributed by atoms with van der Waals surface area (Å²) in [6.07, 6.45) is 16.6. The highest BCUT2D eigenvalue weighted by molar-refractivity contribution is 8.76. The van der Waals surface area contributed by atoms with Crippen LogP contribution in [-0.4, -0.2) is 65.7 Å². The first-order chi connectivity index (χ1) is 22.1. The smallest absolute Gasteiger partial charge is 0.171 e. The summed E-state index contributed by atoms with van der Waals surface area (Å²) in [4.78, 5) is 4.88. The molecule has 2 heterocycles. The van der Waals surface area contributed by atoms with Gasteiger partial charge in [-0.1, -0.05) is 70.2 Å². The van der Waals surface area contributed by atoms with Crippen LogP contribution >= 0.6 is 21.6 Å². The Morgan fingerprint density at radius 1 is 0.644 bits per heavy atom. The highest BCUT2D eigenvalue weighted by atomic mass is 33.1. The zero-order valence-corrected chi connectivity index (χ0v) is 28.2. The second kappa shape index (κ2) is 19.2. The van der Waals surface area contributed by atoms with Gasteiger partial charge in [-0.2, -0.15) is 0 Å². The van der Waals surface area contributed by atoms with Crippen molar-refractivity contribution in [1.82, 2.24) is 4.57 Å². The summed E-state index contributed by atoms with van der Waals surface area (Å²) in [6, 6.07) is 23.8. The van der Waals surface area contributed by atoms with E-state index in [1.807, 2.05) is 49.3 Å². The van der Waals surface area contributed by atoms with Gasteiger partial charge in [-0.05, 0) is 66.4 Å². The molecular formula is C37H47N4O2S2+. The van der Waals surface area contributed by atoms with E-state index in [2.05, 4.69) is 121 Å². The van der Waals surface area contributed by atoms with E-state index in [4.69, 9.17) is 10.2 Å². The summed E-state index contributed by atoms with van der Waals surface area (Å²) in [5.41, 5.74) is 7.18. The molecule has 4 rings (SSSR count). The molecule has 0 spiro atoms. The number of hydrogen-bond donors (Lipinski definition) is 2. The fraction of sp³-hybridized carbons (Fsp3) is 0.324. The van der Waals surface area contributed by atoms with Gasteiger partial charge in [0.05, 0.1) is 6.61 Å². The van der Waals surface area contributed by atoms with Gasteiger partial charge in [-0.3, -0.25) is 0 Å². The molecule has 0 amide bonds.